The van der Waals surface area contributed by atoms with Gasteiger partial charge in [-0.25, -0.2) is 0 Å². The highest BCUT2D eigenvalue weighted by atomic mass is 32.1. The van der Waals surface area contributed by atoms with E-state index in [0.29, 0.717) is 19.6 Å². The van der Waals surface area contributed by atoms with E-state index in [1.165, 1.54) is 11.3 Å². The van der Waals surface area contributed by atoms with Gasteiger partial charge in [0.2, 0.25) is 0 Å². The zero-order valence-electron chi connectivity index (χ0n) is 13.2. The first kappa shape index (κ1) is 15.9. The van der Waals surface area contributed by atoms with Gasteiger partial charge in [-0.15, -0.1) is 11.3 Å². The zero-order chi connectivity index (χ0) is 16.2. The Balaban J connectivity index is 1.52. The van der Waals surface area contributed by atoms with Gasteiger partial charge in [0.05, 0.1) is 11.4 Å². The summed E-state index contributed by atoms with van der Waals surface area (Å²) >= 11 is 1.48. The van der Waals surface area contributed by atoms with Crippen molar-refractivity contribution in [1.29, 1.82) is 0 Å². The van der Waals surface area contributed by atoms with Crippen molar-refractivity contribution in [3.8, 4) is 0 Å². The van der Waals surface area contributed by atoms with E-state index in [4.69, 9.17) is 0 Å². The van der Waals surface area contributed by atoms with Gasteiger partial charge in [0.25, 0.3) is 5.91 Å². The molecular formula is C18H20N2O2S. The molecule has 0 spiro atoms. The van der Waals surface area contributed by atoms with Crippen molar-refractivity contribution in [2.75, 3.05) is 32.7 Å². The number of aryl methyl sites for hydroxylation is 1. The third kappa shape index (κ3) is 3.86. The van der Waals surface area contributed by atoms with Gasteiger partial charge < -0.3 is 4.90 Å². The van der Waals surface area contributed by atoms with Crippen LogP contribution < -0.4 is 0 Å². The molecule has 1 saturated heterocycles. The molecule has 0 bridgehead atoms. The van der Waals surface area contributed by atoms with Crippen LogP contribution in [0.15, 0.2) is 41.8 Å². The van der Waals surface area contributed by atoms with Gasteiger partial charge in [-0.2, -0.15) is 0 Å². The summed E-state index contributed by atoms with van der Waals surface area (Å²) in [6.45, 7) is 5.28. The lowest BCUT2D eigenvalue weighted by Crippen LogP contribution is -2.49. The van der Waals surface area contributed by atoms with Crippen LogP contribution in [0, 0.1) is 6.92 Å². The van der Waals surface area contributed by atoms with Crippen LogP contribution in [0.3, 0.4) is 0 Å². The maximum absolute atomic E-state index is 12.3. The number of ketones is 1. The number of benzene rings is 1. The molecule has 1 aliphatic rings. The number of Topliss-reactive ketones (excluding diaryl/α,β-unsaturated/α-hetero) is 1. The maximum Gasteiger partial charge on any atom is 0.264 e. The molecule has 5 heteroatoms. The number of piperazine rings is 1. The molecule has 0 radical (unpaired) electrons. The maximum atomic E-state index is 12.3. The van der Waals surface area contributed by atoms with E-state index in [2.05, 4.69) is 4.90 Å². The highest BCUT2D eigenvalue weighted by molar-refractivity contribution is 7.12. The number of rotatable bonds is 4. The molecule has 3 rings (SSSR count). The molecule has 23 heavy (non-hydrogen) atoms. The topological polar surface area (TPSA) is 40.6 Å². The Morgan fingerprint density at radius 1 is 1.04 bits per heavy atom. The smallest absolute Gasteiger partial charge is 0.264 e. The lowest BCUT2D eigenvalue weighted by Gasteiger charge is -2.34. The molecule has 0 atom stereocenters. The van der Waals surface area contributed by atoms with Gasteiger partial charge >= 0.3 is 0 Å². The van der Waals surface area contributed by atoms with Gasteiger partial charge in [0.1, 0.15) is 0 Å². The molecule has 1 fully saturated rings. The lowest BCUT2D eigenvalue weighted by molar-refractivity contribution is 0.0629. The van der Waals surface area contributed by atoms with Gasteiger partial charge in [0, 0.05) is 31.7 Å². The van der Waals surface area contributed by atoms with E-state index in [1.54, 1.807) is 0 Å². The van der Waals surface area contributed by atoms with Gasteiger partial charge in [-0.3, -0.25) is 14.5 Å². The number of amides is 1. The molecule has 2 heterocycles. The van der Waals surface area contributed by atoms with Crippen LogP contribution in [-0.2, 0) is 0 Å². The summed E-state index contributed by atoms with van der Waals surface area (Å²) in [5.74, 6) is 0.243. The summed E-state index contributed by atoms with van der Waals surface area (Å²) < 4.78 is 0. The summed E-state index contributed by atoms with van der Waals surface area (Å²) in [5, 5.41) is 1.92. The minimum atomic E-state index is 0.101. The normalized spacial score (nSPS) is 15.6. The third-order valence-corrected chi connectivity index (χ3v) is 4.99. The first-order valence-electron chi connectivity index (χ1n) is 7.78. The molecule has 0 unspecified atom stereocenters. The van der Waals surface area contributed by atoms with Crippen molar-refractivity contribution < 1.29 is 9.59 Å². The van der Waals surface area contributed by atoms with Crippen molar-refractivity contribution in [1.82, 2.24) is 9.80 Å². The van der Waals surface area contributed by atoms with Crippen molar-refractivity contribution in [2.45, 2.75) is 6.92 Å². The Morgan fingerprint density at radius 2 is 1.74 bits per heavy atom. The Morgan fingerprint density at radius 3 is 2.35 bits per heavy atom. The highest BCUT2D eigenvalue weighted by Gasteiger charge is 2.23. The van der Waals surface area contributed by atoms with Crippen LogP contribution in [0.1, 0.15) is 25.6 Å². The van der Waals surface area contributed by atoms with E-state index in [-0.39, 0.29) is 11.7 Å². The van der Waals surface area contributed by atoms with Crippen LogP contribution in [0.5, 0.6) is 0 Å². The average Bonchev–Trinajstić information content (AvgIpc) is 3.10. The molecule has 1 amide bonds. The third-order valence-electron chi connectivity index (χ3n) is 4.13. The number of carbonyl (C=O) groups is 2. The Hall–Kier alpha value is -1.98. The predicted molar refractivity (Wildman–Crippen MR) is 92.2 cm³/mol. The molecular weight excluding hydrogens is 308 g/mol. The minimum Gasteiger partial charge on any atom is -0.335 e. The predicted octanol–water partition coefficient (Wildman–Crippen LogP) is 2.70. The summed E-state index contributed by atoms with van der Waals surface area (Å²) in [4.78, 5) is 29.4. The monoisotopic (exact) mass is 328 g/mol. The number of hydrogen-bond donors (Lipinski definition) is 0. The van der Waals surface area contributed by atoms with E-state index >= 15 is 0 Å². The second-order valence-corrected chi connectivity index (χ2v) is 6.78. The lowest BCUT2D eigenvalue weighted by atomic mass is 10.1. The summed E-state index contributed by atoms with van der Waals surface area (Å²) in [5.41, 5.74) is 1.91. The van der Waals surface area contributed by atoms with Crippen molar-refractivity contribution in [3.05, 3.63) is 57.8 Å². The van der Waals surface area contributed by atoms with Gasteiger partial charge in [-0.05, 0) is 18.4 Å². The molecule has 0 N–H and O–H groups in total. The van der Waals surface area contributed by atoms with E-state index in [1.807, 2.05) is 53.6 Å². The first-order chi connectivity index (χ1) is 11.1. The van der Waals surface area contributed by atoms with E-state index in [0.717, 1.165) is 29.1 Å². The molecule has 120 valence electrons. The van der Waals surface area contributed by atoms with Crippen LogP contribution in [0.2, 0.25) is 0 Å². The molecule has 1 aliphatic heterocycles. The summed E-state index contributed by atoms with van der Waals surface area (Å²) in [6.07, 6.45) is 0. The largest absolute Gasteiger partial charge is 0.335 e. The molecule has 1 aromatic heterocycles. The van der Waals surface area contributed by atoms with E-state index in [9.17, 15) is 9.59 Å². The Bertz CT molecular complexity index is 672. The highest BCUT2D eigenvalue weighted by Crippen LogP contribution is 2.14. The second-order valence-electron chi connectivity index (χ2n) is 5.83. The molecule has 0 saturated carbocycles. The summed E-state index contributed by atoms with van der Waals surface area (Å²) in [7, 11) is 0. The molecule has 4 nitrogen and oxygen atoms in total. The van der Waals surface area contributed by atoms with Crippen LogP contribution in [-0.4, -0.2) is 54.2 Å². The first-order valence-corrected chi connectivity index (χ1v) is 8.66. The van der Waals surface area contributed by atoms with Gasteiger partial charge in [-0.1, -0.05) is 35.9 Å². The number of carbonyl (C=O) groups excluding carboxylic acids is 2. The fourth-order valence-corrected chi connectivity index (χ4v) is 3.39. The van der Waals surface area contributed by atoms with Crippen LogP contribution in [0.4, 0.5) is 0 Å². The SMILES string of the molecule is Cc1ccc(C(=O)CN2CCN(C(=O)c3cccs3)CC2)cc1. The average molecular weight is 328 g/mol. The van der Waals surface area contributed by atoms with Crippen molar-refractivity contribution >= 4 is 23.0 Å². The Kier molecular flexibility index (Phi) is 4.88. The van der Waals surface area contributed by atoms with E-state index < -0.39 is 0 Å². The summed E-state index contributed by atoms with van der Waals surface area (Å²) in [6, 6.07) is 11.5. The molecule has 2 aromatic rings. The zero-order valence-corrected chi connectivity index (χ0v) is 14.0. The van der Waals surface area contributed by atoms with Gasteiger partial charge in [0.15, 0.2) is 5.78 Å². The minimum absolute atomic E-state index is 0.101. The number of nitrogens with zero attached hydrogens (tertiary/aromatic N) is 2. The fourth-order valence-electron chi connectivity index (χ4n) is 2.70. The van der Waals surface area contributed by atoms with Crippen molar-refractivity contribution in [3.63, 3.8) is 0 Å². The quantitative estimate of drug-likeness (QED) is 0.810. The molecule has 1 aromatic carbocycles. The fraction of sp³-hybridized carbons (Fsp3) is 0.333. The van der Waals surface area contributed by atoms with Crippen LogP contribution in [0.25, 0.3) is 0 Å². The standard InChI is InChI=1S/C18H20N2O2S/c1-14-4-6-15(7-5-14)16(21)13-19-8-10-20(11-9-19)18(22)17-3-2-12-23-17/h2-7,12H,8-11,13H2,1H3. The Labute approximate surface area is 140 Å². The number of thiophene rings is 1. The van der Waals surface area contributed by atoms with Crippen molar-refractivity contribution in [2.24, 2.45) is 0 Å². The van der Waals surface area contributed by atoms with Crippen LogP contribution >= 0.6 is 11.3 Å². The second kappa shape index (κ2) is 7.06. The number of hydrogen-bond acceptors (Lipinski definition) is 4. The molecule has 0 aliphatic carbocycles.